The largest absolute Gasteiger partial charge is 0.480 e. The molecule has 0 amide bonds. The van der Waals surface area contributed by atoms with Crippen molar-refractivity contribution in [2.24, 2.45) is 0 Å². The number of aromatic nitrogens is 2. The topological polar surface area (TPSA) is 78.0 Å². The zero-order valence-corrected chi connectivity index (χ0v) is 6.37. The van der Waals surface area contributed by atoms with Crippen LogP contribution in [-0.2, 0) is 17.8 Å². The Morgan fingerprint density at radius 2 is 2.58 bits per heavy atom. The molecular formula is C7H9N3O2. The van der Waals surface area contributed by atoms with Crippen molar-refractivity contribution in [1.82, 2.24) is 15.5 Å². The lowest BCUT2D eigenvalue weighted by molar-refractivity contribution is -0.139. The SMILES string of the molecule is O=C(O)C1Cc2[nH]ncc2CN1. The third-order valence-electron chi connectivity index (χ3n) is 2.05. The number of aromatic amines is 1. The van der Waals surface area contributed by atoms with E-state index in [1.807, 2.05) is 0 Å². The van der Waals surface area contributed by atoms with Gasteiger partial charge in [-0.1, -0.05) is 0 Å². The van der Waals surface area contributed by atoms with E-state index in [2.05, 4.69) is 15.5 Å². The van der Waals surface area contributed by atoms with E-state index in [-0.39, 0.29) is 0 Å². The molecular weight excluding hydrogens is 158 g/mol. The first-order valence-electron chi connectivity index (χ1n) is 3.74. The Kier molecular flexibility index (Phi) is 1.58. The van der Waals surface area contributed by atoms with E-state index in [4.69, 9.17) is 5.11 Å². The predicted octanol–water partition coefficient (Wildman–Crippen LogP) is -0.491. The van der Waals surface area contributed by atoms with Crippen LogP contribution in [0.15, 0.2) is 6.20 Å². The summed E-state index contributed by atoms with van der Waals surface area (Å²) in [6.07, 6.45) is 2.21. The number of carboxylic acid groups (broad SMARTS) is 1. The number of hydrogen-bond donors (Lipinski definition) is 3. The minimum Gasteiger partial charge on any atom is -0.480 e. The monoisotopic (exact) mass is 167 g/mol. The molecule has 0 saturated heterocycles. The van der Waals surface area contributed by atoms with Crippen molar-refractivity contribution in [3.63, 3.8) is 0 Å². The molecule has 2 rings (SSSR count). The van der Waals surface area contributed by atoms with Gasteiger partial charge in [-0.05, 0) is 0 Å². The maximum Gasteiger partial charge on any atom is 0.321 e. The Balaban J connectivity index is 2.20. The number of carboxylic acids is 1. The molecule has 0 radical (unpaired) electrons. The van der Waals surface area contributed by atoms with E-state index in [1.165, 1.54) is 0 Å². The molecule has 3 N–H and O–H groups in total. The second kappa shape index (κ2) is 2.60. The summed E-state index contributed by atoms with van der Waals surface area (Å²) < 4.78 is 0. The van der Waals surface area contributed by atoms with E-state index in [0.717, 1.165) is 11.3 Å². The van der Waals surface area contributed by atoms with Crippen molar-refractivity contribution >= 4 is 5.97 Å². The third-order valence-corrected chi connectivity index (χ3v) is 2.05. The molecule has 0 fully saturated rings. The molecule has 12 heavy (non-hydrogen) atoms. The molecule has 64 valence electrons. The lowest BCUT2D eigenvalue weighted by Crippen LogP contribution is -2.41. The highest BCUT2D eigenvalue weighted by atomic mass is 16.4. The number of fused-ring (bicyclic) bond motifs is 1. The lowest BCUT2D eigenvalue weighted by atomic mass is 10.0. The number of carbonyl (C=O) groups is 1. The third kappa shape index (κ3) is 1.08. The van der Waals surface area contributed by atoms with Crippen LogP contribution in [0.25, 0.3) is 0 Å². The molecule has 1 unspecified atom stereocenters. The van der Waals surface area contributed by atoms with Gasteiger partial charge in [0, 0.05) is 24.2 Å². The van der Waals surface area contributed by atoms with Crippen LogP contribution in [0.4, 0.5) is 0 Å². The zero-order valence-electron chi connectivity index (χ0n) is 6.37. The zero-order chi connectivity index (χ0) is 8.55. The standard InChI is InChI=1S/C7H9N3O2/c11-7(12)6-1-5-4(2-8-6)3-9-10-5/h3,6,8H,1-2H2,(H,9,10)(H,11,12). The smallest absolute Gasteiger partial charge is 0.321 e. The molecule has 0 spiro atoms. The molecule has 0 aromatic carbocycles. The van der Waals surface area contributed by atoms with Gasteiger partial charge < -0.3 is 5.11 Å². The summed E-state index contributed by atoms with van der Waals surface area (Å²) in [5, 5.41) is 18.2. The van der Waals surface area contributed by atoms with Crippen molar-refractivity contribution in [2.45, 2.75) is 19.0 Å². The Bertz CT molecular complexity index is 307. The number of rotatable bonds is 1. The summed E-state index contributed by atoms with van der Waals surface area (Å²) in [6.45, 7) is 0.586. The van der Waals surface area contributed by atoms with Gasteiger partial charge in [0.05, 0.1) is 6.20 Å². The van der Waals surface area contributed by atoms with Gasteiger partial charge in [-0.3, -0.25) is 15.2 Å². The van der Waals surface area contributed by atoms with Crippen LogP contribution in [0.2, 0.25) is 0 Å². The molecule has 1 atom stereocenters. The van der Waals surface area contributed by atoms with Crippen molar-refractivity contribution < 1.29 is 9.90 Å². The summed E-state index contributed by atoms with van der Waals surface area (Å²) in [6, 6.07) is -0.474. The summed E-state index contributed by atoms with van der Waals surface area (Å²) in [7, 11) is 0. The first-order valence-corrected chi connectivity index (χ1v) is 3.74. The molecule has 2 heterocycles. The molecule has 5 nitrogen and oxygen atoms in total. The van der Waals surface area contributed by atoms with Crippen molar-refractivity contribution in [1.29, 1.82) is 0 Å². The molecule has 1 aliphatic heterocycles. The second-order valence-corrected chi connectivity index (χ2v) is 2.85. The van der Waals surface area contributed by atoms with E-state index in [9.17, 15) is 4.79 Å². The summed E-state index contributed by atoms with van der Waals surface area (Å²) in [4.78, 5) is 10.6. The van der Waals surface area contributed by atoms with Gasteiger partial charge in [0.1, 0.15) is 6.04 Å². The highest BCUT2D eigenvalue weighted by molar-refractivity contribution is 5.74. The van der Waals surface area contributed by atoms with E-state index < -0.39 is 12.0 Å². The molecule has 1 aliphatic rings. The maximum absolute atomic E-state index is 10.6. The van der Waals surface area contributed by atoms with Crippen LogP contribution in [0.1, 0.15) is 11.3 Å². The summed E-state index contributed by atoms with van der Waals surface area (Å²) >= 11 is 0. The van der Waals surface area contributed by atoms with Gasteiger partial charge in [-0.25, -0.2) is 0 Å². The van der Waals surface area contributed by atoms with Gasteiger partial charge in [-0.15, -0.1) is 0 Å². The molecule has 5 heteroatoms. The molecule has 1 aromatic heterocycles. The number of hydrogen-bond acceptors (Lipinski definition) is 3. The van der Waals surface area contributed by atoms with E-state index in [0.29, 0.717) is 13.0 Å². The fraction of sp³-hybridized carbons (Fsp3) is 0.429. The number of aliphatic carboxylic acids is 1. The van der Waals surface area contributed by atoms with Crippen LogP contribution in [0, 0.1) is 0 Å². The molecule has 1 aromatic rings. The minimum atomic E-state index is -0.810. The maximum atomic E-state index is 10.6. The average Bonchev–Trinajstić information content (AvgIpc) is 2.49. The normalized spacial score (nSPS) is 21.8. The first-order chi connectivity index (χ1) is 5.77. The van der Waals surface area contributed by atoms with Crippen molar-refractivity contribution in [3.05, 3.63) is 17.5 Å². The fourth-order valence-corrected chi connectivity index (χ4v) is 1.35. The molecule has 0 saturated carbocycles. The summed E-state index contributed by atoms with van der Waals surface area (Å²) in [5.41, 5.74) is 1.99. The van der Waals surface area contributed by atoms with Crippen molar-refractivity contribution in [2.75, 3.05) is 0 Å². The Morgan fingerprint density at radius 1 is 1.75 bits per heavy atom. The Labute approximate surface area is 68.8 Å². The van der Waals surface area contributed by atoms with Crippen LogP contribution >= 0.6 is 0 Å². The highest BCUT2D eigenvalue weighted by Gasteiger charge is 2.24. The fourth-order valence-electron chi connectivity index (χ4n) is 1.35. The first kappa shape index (κ1) is 7.30. The van der Waals surface area contributed by atoms with Gasteiger partial charge in [-0.2, -0.15) is 5.10 Å². The van der Waals surface area contributed by atoms with Gasteiger partial charge in [0.15, 0.2) is 0 Å². The van der Waals surface area contributed by atoms with Crippen molar-refractivity contribution in [3.8, 4) is 0 Å². The van der Waals surface area contributed by atoms with Crippen LogP contribution in [0.5, 0.6) is 0 Å². The molecule has 0 bridgehead atoms. The number of nitrogens with one attached hydrogen (secondary N) is 2. The second-order valence-electron chi connectivity index (χ2n) is 2.85. The van der Waals surface area contributed by atoms with Crippen LogP contribution < -0.4 is 5.32 Å². The molecule has 0 aliphatic carbocycles. The van der Waals surface area contributed by atoms with Gasteiger partial charge in [0.2, 0.25) is 0 Å². The van der Waals surface area contributed by atoms with E-state index in [1.54, 1.807) is 6.20 Å². The minimum absolute atomic E-state index is 0.474. The predicted molar refractivity (Wildman–Crippen MR) is 40.6 cm³/mol. The summed E-state index contributed by atoms with van der Waals surface area (Å²) in [5.74, 6) is -0.810. The average molecular weight is 167 g/mol. The number of H-pyrrole nitrogens is 1. The van der Waals surface area contributed by atoms with Gasteiger partial charge in [0.25, 0.3) is 0 Å². The Hall–Kier alpha value is -1.36. The lowest BCUT2D eigenvalue weighted by Gasteiger charge is -2.19. The van der Waals surface area contributed by atoms with Crippen LogP contribution in [-0.4, -0.2) is 27.3 Å². The Morgan fingerprint density at radius 3 is 3.33 bits per heavy atom. The quantitative estimate of drug-likeness (QED) is 0.527. The van der Waals surface area contributed by atoms with Gasteiger partial charge >= 0.3 is 5.97 Å². The van der Waals surface area contributed by atoms with Crippen LogP contribution in [0.3, 0.4) is 0 Å². The highest BCUT2D eigenvalue weighted by Crippen LogP contribution is 2.12. The number of nitrogens with zero attached hydrogens (tertiary/aromatic N) is 1. The van der Waals surface area contributed by atoms with E-state index >= 15 is 0 Å².